The molecule has 0 aliphatic carbocycles. The van der Waals surface area contributed by atoms with Gasteiger partial charge >= 0.3 is 0 Å². The Kier molecular flexibility index (Phi) is 2.52. The number of hydrogen-bond acceptors (Lipinski definition) is 3. The molecule has 0 aromatic rings. The van der Waals surface area contributed by atoms with Crippen LogP contribution in [0.15, 0.2) is 0 Å². The highest BCUT2D eigenvalue weighted by Crippen LogP contribution is 2.18. The van der Waals surface area contributed by atoms with Gasteiger partial charge in [-0.25, -0.2) is 0 Å². The molecule has 0 aromatic heterocycles. The van der Waals surface area contributed by atoms with Crippen LogP contribution < -0.4 is 5.73 Å². The van der Waals surface area contributed by atoms with E-state index < -0.39 is 0 Å². The molecule has 0 spiro atoms. The molecule has 3 heteroatoms. The minimum Gasteiger partial charge on any atom is -0.373 e. The number of ether oxygens (including phenoxy) is 1. The van der Waals surface area contributed by atoms with Crippen molar-refractivity contribution < 1.29 is 4.74 Å². The molecule has 0 amide bonds. The molecule has 1 heterocycles. The Morgan fingerprint density at radius 3 is 2.73 bits per heavy atom. The standard InChI is InChI=1S/C8H18N2O/c1-8(2)6-10(3)7(4-9)5-11-8/h7H,4-6,9H2,1-3H3/t7-/m0/s1. The fraction of sp³-hybridized carbons (Fsp3) is 1.00. The molecule has 1 atom stereocenters. The summed E-state index contributed by atoms with van der Waals surface area (Å²) in [4.78, 5) is 2.27. The Labute approximate surface area is 68.5 Å². The van der Waals surface area contributed by atoms with Gasteiger partial charge in [-0.3, -0.25) is 4.90 Å². The van der Waals surface area contributed by atoms with E-state index in [4.69, 9.17) is 10.5 Å². The van der Waals surface area contributed by atoms with Crippen LogP contribution in [0.1, 0.15) is 13.8 Å². The van der Waals surface area contributed by atoms with E-state index in [0.29, 0.717) is 12.6 Å². The van der Waals surface area contributed by atoms with E-state index in [1.165, 1.54) is 0 Å². The smallest absolute Gasteiger partial charge is 0.0753 e. The highest BCUT2D eigenvalue weighted by molar-refractivity contribution is 4.83. The minimum atomic E-state index is 0.000417. The van der Waals surface area contributed by atoms with Crippen LogP contribution >= 0.6 is 0 Å². The summed E-state index contributed by atoms with van der Waals surface area (Å²) >= 11 is 0. The zero-order valence-corrected chi connectivity index (χ0v) is 7.63. The molecule has 3 nitrogen and oxygen atoms in total. The number of morpholine rings is 1. The van der Waals surface area contributed by atoms with Gasteiger partial charge in [-0.1, -0.05) is 0 Å². The Morgan fingerprint density at radius 1 is 1.64 bits per heavy atom. The maximum atomic E-state index is 5.62. The van der Waals surface area contributed by atoms with E-state index in [9.17, 15) is 0 Å². The van der Waals surface area contributed by atoms with Crippen LogP contribution in [0, 0.1) is 0 Å². The van der Waals surface area contributed by atoms with Crippen LogP contribution in [-0.2, 0) is 4.74 Å². The molecular formula is C8H18N2O. The molecule has 1 saturated heterocycles. The third-order valence-corrected chi connectivity index (χ3v) is 2.19. The van der Waals surface area contributed by atoms with Crippen molar-refractivity contribution in [1.82, 2.24) is 4.90 Å². The van der Waals surface area contributed by atoms with Crippen molar-refractivity contribution >= 4 is 0 Å². The highest BCUT2D eigenvalue weighted by Gasteiger charge is 2.30. The Morgan fingerprint density at radius 2 is 2.27 bits per heavy atom. The summed E-state index contributed by atoms with van der Waals surface area (Å²) in [5.74, 6) is 0. The van der Waals surface area contributed by atoms with Crippen molar-refractivity contribution in [3.05, 3.63) is 0 Å². The van der Waals surface area contributed by atoms with Gasteiger partial charge in [-0.05, 0) is 20.9 Å². The maximum absolute atomic E-state index is 5.62. The zero-order chi connectivity index (χ0) is 8.48. The number of nitrogens with zero attached hydrogens (tertiary/aromatic N) is 1. The molecule has 1 aliphatic heterocycles. The quantitative estimate of drug-likeness (QED) is 0.586. The normalized spacial score (nSPS) is 32.2. The fourth-order valence-electron chi connectivity index (χ4n) is 1.47. The van der Waals surface area contributed by atoms with Crippen LogP contribution in [0.25, 0.3) is 0 Å². The lowest BCUT2D eigenvalue weighted by Crippen LogP contribution is -2.54. The van der Waals surface area contributed by atoms with E-state index in [2.05, 4.69) is 25.8 Å². The largest absolute Gasteiger partial charge is 0.373 e. The highest BCUT2D eigenvalue weighted by atomic mass is 16.5. The zero-order valence-electron chi connectivity index (χ0n) is 7.63. The SMILES string of the molecule is CN1CC(C)(C)OC[C@@H]1CN. The van der Waals surface area contributed by atoms with Crippen LogP contribution in [0.2, 0.25) is 0 Å². The summed E-state index contributed by atoms with van der Waals surface area (Å²) in [6.07, 6.45) is 0. The number of hydrogen-bond donors (Lipinski definition) is 1. The lowest BCUT2D eigenvalue weighted by Gasteiger charge is -2.41. The van der Waals surface area contributed by atoms with Gasteiger partial charge in [0.2, 0.25) is 0 Å². The lowest BCUT2D eigenvalue weighted by atomic mass is 10.1. The topological polar surface area (TPSA) is 38.5 Å². The summed E-state index contributed by atoms with van der Waals surface area (Å²) in [5.41, 5.74) is 5.56. The van der Waals surface area contributed by atoms with Crippen LogP contribution in [-0.4, -0.2) is 43.3 Å². The van der Waals surface area contributed by atoms with Gasteiger partial charge in [0.05, 0.1) is 12.2 Å². The molecule has 0 radical (unpaired) electrons. The summed E-state index contributed by atoms with van der Waals surface area (Å²) in [7, 11) is 2.10. The summed E-state index contributed by atoms with van der Waals surface area (Å²) in [6, 6.07) is 0.406. The predicted octanol–water partition coefficient (Wildman–Crippen LogP) is 0.0543. The molecule has 11 heavy (non-hydrogen) atoms. The number of nitrogens with two attached hydrogens (primary N) is 1. The molecular weight excluding hydrogens is 140 g/mol. The van der Waals surface area contributed by atoms with E-state index >= 15 is 0 Å². The van der Waals surface area contributed by atoms with Gasteiger partial charge < -0.3 is 10.5 Å². The van der Waals surface area contributed by atoms with Crippen molar-refractivity contribution in [2.24, 2.45) is 5.73 Å². The first-order chi connectivity index (χ1) is 5.05. The molecule has 1 aliphatic rings. The fourth-order valence-corrected chi connectivity index (χ4v) is 1.47. The first-order valence-corrected chi connectivity index (χ1v) is 4.09. The Bertz CT molecular complexity index is 136. The average Bonchev–Trinajstić information content (AvgIpc) is 1.86. The molecule has 0 bridgehead atoms. The van der Waals surface area contributed by atoms with Crippen molar-refractivity contribution in [2.75, 3.05) is 26.7 Å². The van der Waals surface area contributed by atoms with Crippen LogP contribution in [0.3, 0.4) is 0 Å². The van der Waals surface area contributed by atoms with E-state index in [1.54, 1.807) is 0 Å². The van der Waals surface area contributed by atoms with Crippen molar-refractivity contribution in [2.45, 2.75) is 25.5 Å². The summed E-state index contributed by atoms with van der Waals surface area (Å²) < 4.78 is 5.62. The second-order valence-corrected chi connectivity index (χ2v) is 3.88. The maximum Gasteiger partial charge on any atom is 0.0753 e. The molecule has 1 rings (SSSR count). The number of rotatable bonds is 1. The van der Waals surface area contributed by atoms with Crippen LogP contribution in [0.4, 0.5) is 0 Å². The molecule has 2 N–H and O–H groups in total. The third kappa shape index (κ3) is 2.15. The van der Waals surface area contributed by atoms with Gasteiger partial charge in [0.25, 0.3) is 0 Å². The first kappa shape index (κ1) is 8.97. The second-order valence-electron chi connectivity index (χ2n) is 3.88. The van der Waals surface area contributed by atoms with E-state index in [-0.39, 0.29) is 5.60 Å². The van der Waals surface area contributed by atoms with Gasteiger partial charge in [0.15, 0.2) is 0 Å². The summed E-state index contributed by atoms with van der Waals surface area (Å²) in [6.45, 7) is 6.63. The Hall–Kier alpha value is -0.120. The van der Waals surface area contributed by atoms with Gasteiger partial charge in [-0.15, -0.1) is 0 Å². The lowest BCUT2D eigenvalue weighted by molar-refractivity contribution is -0.104. The van der Waals surface area contributed by atoms with Gasteiger partial charge in [-0.2, -0.15) is 0 Å². The molecule has 0 unspecified atom stereocenters. The first-order valence-electron chi connectivity index (χ1n) is 4.09. The van der Waals surface area contributed by atoms with E-state index in [0.717, 1.165) is 13.2 Å². The minimum absolute atomic E-state index is 0.000417. The van der Waals surface area contributed by atoms with Gasteiger partial charge in [0.1, 0.15) is 0 Å². The molecule has 1 fully saturated rings. The van der Waals surface area contributed by atoms with Gasteiger partial charge in [0, 0.05) is 19.1 Å². The van der Waals surface area contributed by atoms with Crippen molar-refractivity contribution in [3.63, 3.8) is 0 Å². The van der Waals surface area contributed by atoms with Crippen LogP contribution in [0.5, 0.6) is 0 Å². The monoisotopic (exact) mass is 158 g/mol. The average molecular weight is 158 g/mol. The third-order valence-electron chi connectivity index (χ3n) is 2.19. The second kappa shape index (κ2) is 3.09. The van der Waals surface area contributed by atoms with Crippen molar-refractivity contribution in [3.8, 4) is 0 Å². The Balaban J connectivity index is 2.48. The summed E-state index contributed by atoms with van der Waals surface area (Å²) in [5, 5.41) is 0. The molecule has 66 valence electrons. The van der Waals surface area contributed by atoms with Crippen molar-refractivity contribution in [1.29, 1.82) is 0 Å². The predicted molar refractivity (Wildman–Crippen MR) is 45.5 cm³/mol. The molecule has 0 saturated carbocycles. The molecule has 0 aromatic carbocycles. The number of likely N-dealkylation sites (N-methyl/N-ethyl adjacent to an activating group) is 1. The van der Waals surface area contributed by atoms with E-state index in [1.807, 2.05) is 0 Å².